The number of amides is 4. The maximum Gasteiger partial charge on any atom is 0.319 e. The van der Waals surface area contributed by atoms with Crippen LogP contribution in [0, 0.1) is 0 Å². The Morgan fingerprint density at radius 3 is 2.39 bits per heavy atom. The van der Waals surface area contributed by atoms with E-state index in [-0.39, 0.29) is 23.9 Å². The number of nitrogens with one attached hydrogen (secondary N) is 2. The summed E-state index contributed by atoms with van der Waals surface area (Å²) >= 11 is 0. The molecule has 124 valence electrons. The van der Waals surface area contributed by atoms with Gasteiger partial charge in [-0.1, -0.05) is 0 Å². The molecule has 1 aliphatic rings. The van der Waals surface area contributed by atoms with Gasteiger partial charge in [0.15, 0.2) is 0 Å². The molecule has 23 heavy (non-hydrogen) atoms. The predicted molar refractivity (Wildman–Crippen MR) is 85.4 cm³/mol. The first-order valence-corrected chi connectivity index (χ1v) is 7.37. The molecule has 4 amide bonds. The Morgan fingerprint density at radius 2 is 1.83 bits per heavy atom. The van der Waals surface area contributed by atoms with E-state index in [0.29, 0.717) is 11.3 Å². The highest BCUT2D eigenvalue weighted by Gasteiger charge is 2.41. The van der Waals surface area contributed by atoms with Crippen molar-refractivity contribution in [3.63, 3.8) is 0 Å². The lowest BCUT2D eigenvalue weighted by atomic mass is 10.1. The van der Waals surface area contributed by atoms with E-state index in [0.717, 1.165) is 0 Å². The molecule has 2 rings (SSSR count). The van der Waals surface area contributed by atoms with Crippen molar-refractivity contribution >= 4 is 23.5 Å². The highest BCUT2D eigenvalue weighted by Crippen LogP contribution is 2.30. The molecule has 1 aromatic rings. The number of rotatable bonds is 3. The number of hydrogen-bond acceptors (Lipinski definition) is 4. The Labute approximate surface area is 134 Å². The van der Waals surface area contributed by atoms with Gasteiger partial charge in [-0.15, -0.1) is 0 Å². The fraction of sp³-hybridized carbons (Fsp3) is 0.438. The average Bonchev–Trinajstić information content (AvgIpc) is 2.68. The summed E-state index contributed by atoms with van der Waals surface area (Å²) in [7, 11) is 0. The third kappa shape index (κ3) is 3.50. The van der Waals surface area contributed by atoms with Gasteiger partial charge in [-0.3, -0.25) is 14.5 Å². The van der Waals surface area contributed by atoms with Gasteiger partial charge < -0.3 is 15.7 Å². The van der Waals surface area contributed by atoms with E-state index >= 15 is 0 Å². The lowest BCUT2D eigenvalue weighted by Gasteiger charge is -2.29. The maximum absolute atomic E-state index is 12.5. The smallest absolute Gasteiger partial charge is 0.319 e. The Hall–Kier alpha value is -2.41. The molecule has 0 bridgehead atoms. The molecule has 0 saturated heterocycles. The van der Waals surface area contributed by atoms with E-state index in [9.17, 15) is 14.4 Å². The quantitative estimate of drug-likeness (QED) is 0.737. The van der Waals surface area contributed by atoms with Crippen molar-refractivity contribution in [2.24, 2.45) is 0 Å². The number of nitrogens with zero attached hydrogens (tertiary/aromatic N) is 1. The van der Waals surface area contributed by atoms with Crippen molar-refractivity contribution < 1.29 is 19.5 Å². The molecule has 1 aliphatic heterocycles. The van der Waals surface area contributed by atoms with Crippen molar-refractivity contribution in [1.29, 1.82) is 0 Å². The van der Waals surface area contributed by atoms with Crippen LogP contribution in [0.3, 0.4) is 0 Å². The number of imide groups is 1. The summed E-state index contributed by atoms with van der Waals surface area (Å²) in [4.78, 5) is 37.7. The minimum Gasteiger partial charge on any atom is -0.392 e. The fourth-order valence-corrected chi connectivity index (χ4v) is 2.34. The van der Waals surface area contributed by atoms with Crippen LogP contribution in [-0.2, 0) is 0 Å². The van der Waals surface area contributed by atoms with E-state index in [1.54, 1.807) is 33.8 Å². The van der Waals surface area contributed by atoms with E-state index in [4.69, 9.17) is 5.11 Å². The van der Waals surface area contributed by atoms with E-state index in [1.807, 2.05) is 0 Å². The van der Waals surface area contributed by atoms with Gasteiger partial charge in [0.05, 0.1) is 17.2 Å². The maximum atomic E-state index is 12.5. The van der Waals surface area contributed by atoms with Crippen molar-refractivity contribution in [1.82, 2.24) is 10.2 Å². The Kier molecular flexibility index (Phi) is 4.42. The molecular formula is C16H21N3O4. The Morgan fingerprint density at radius 1 is 1.22 bits per heavy atom. The molecule has 0 saturated carbocycles. The van der Waals surface area contributed by atoms with Crippen molar-refractivity contribution in [3.8, 4) is 0 Å². The molecule has 1 atom stereocenters. The SMILES string of the molecule is CC(O)CNC(=O)Nc1ccc2c(c1)C(=O)N(C(C)(C)C)C2=O. The van der Waals surface area contributed by atoms with E-state index < -0.39 is 17.7 Å². The lowest BCUT2D eigenvalue weighted by molar-refractivity contribution is 0.0507. The van der Waals surface area contributed by atoms with Crippen LogP contribution in [0.5, 0.6) is 0 Å². The minimum absolute atomic E-state index is 0.117. The molecular weight excluding hydrogens is 298 g/mol. The monoisotopic (exact) mass is 319 g/mol. The van der Waals surface area contributed by atoms with Crippen LogP contribution in [0.25, 0.3) is 0 Å². The zero-order valence-corrected chi connectivity index (χ0v) is 13.6. The average molecular weight is 319 g/mol. The number of carbonyl (C=O) groups is 3. The Balaban J connectivity index is 2.19. The summed E-state index contributed by atoms with van der Waals surface area (Å²) in [6.07, 6.45) is -0.652. The molecule has 1 unspecified atom stereocenters. The third-order valence-electron chi connectivity index (χ3n) is 3.37. The number of fused-ring (bicyclic) bond motifs is 1. The second-order valence-corrected chi connectivity index (χ2v) is 6.56. The van der Waals surface area contributed by atoms with Crippen LogP contribution >= 0.6 is 0 Å². The van der Waals surface area contributed by atoms with Gasteiger partial charge in [0, 0.05) is 17.8 Å². The summed E-state index contributed by atoms with van der Waals surface area (Å²) in [6.45, 7) is 7.04. The third-order valence-corrected chi connectivity index (χ3v) is 3.37. The second kappa shape index (κ2) is 6.00. The molecule has 7 nitrogen and oxygen atoms in total. The Bertz CT molecular complexity index is 662. The number of aliphatic hydroxyl groups excluding tert-OH is 1. The van der Waals surface area contributed by atoms with Gasteiger partial charge in [0.2, 0.25) is 0 Å². The normalized spacial score (nSPS) is 15.4. The number of aliphatic hydroxyl groups is 1. The molecule has 1 heterocycles. The highest BCUT2D eigenvalue weighted by molar-refractivity contribution is 6.22. The summed E-state index contributed by atoms with van der Waals surface area (Å²) in [5.74, 6) is -0.701. The van der Waals surface area contributed by atoms with E-state index in [1.165, 1.54) is 17.0 Å². The van der Waals surface area contributed by atoms with Gasteiger partial charge in [-0.25, -0.2) is 4.79 Å². The number of urea groups is 1. The predicted octanol–water partition coefficient (Wildman–Crippen LogP) is 1.58. The largest absolute Gasteiger partial charge is 0.392 e. The molecule has 0 fully saturated rings. The lowest BCUT2D eigenvalue weighted by Crippen LogP contribution is -2.45. The summed E-state index contributed by atoms with van der Waals surface area (Å²) in [5.41, 5.74) is 0.400. The molecule has 0 aromatic heterocycles. The molecule has 0 radical (unpaired) electrons. The van der Waals surface area contributed by atoms with Crippen molar-refractivity contribution in [2.45, 2.75) is 39.3 Å². The summed E-state index contributed by atoms with van der Waals surface area (Å²) < 4.78 is 0. The molecule has 0 aliphatic carbocycles. The van der Waals surface area contributed by atoms with Crippen LogP contribution in [0.4, 0.5) is 10.5 Å². The first-order valence-electron chi connectivity index (χ1n) is 7.37. The molecule has 0 spiro atoms. The van der Waals surface area contributed by atoms with E-state index in [2.05, 4.69) is 10.6 Å². The molecule has 3 N–H and O–H groups in total. The van der Waals surface area contributed by atoms with Crippen LogP contribution in [0.2, 0.25) is 0 Å². The van der Waals surface area contributed by atoms with Crippen LogP contribution in [-0.4, -0.2) is 46.0 Å². The highest BCUT2D eigenvalue weighted by atomic mass is 16.3. The number of benzene rings is 1. The standard InChI is InChI=1S/C16H21N3O4/c1-9(20)8-17-15(23)18-10-5-6-11-12(7-10)14(22)19(13(11)21)16(2,3)4/h5-7,9,20H,8H2,1-4H3,(H2,17,18,23). The fourth-order valence-electron chi connectivity index (χ4n) is 2.34. The first kappa shape index (κ1) is 17.0. The molecule has 1 aromatic carbocycles. The zero-order valence-electron chi connectivity index (χ0n) is 13.6. The second-order valence-electron chi connectivity index (χ2n) is 6.56. The van der Waals surface area contributed by atoms with Gasteiger partial charge in [-0.05, 0) is 45.9 Å². The van der Waals surface area contributed by atoms with Crippen molar-refractivity contribution in [3.05, 3.63) is 29.3 Å². The van der Waals surface area contributed by atoms with Gasteiger partial charge in [0.1, 0.15) is 0 Å². The van der Waals surface area contributed by atoms with Gasteiger partial charge >= 0.3 is 6.03 Å². The number of carbonyl (C=O) groups excluding carboxylic acids is 3. The van der Waals surface area contributed by atoms with Crippen molar-refractivity contribution in [2.75, 3.05) is 11.9 Å². The van der Waals surface area contributed by atoms with Gasteiger partial charge in [0.25, 0.3) is 11.8 Å². The first-order chi connectivity index (χ1) is 10.6. The number of hydrogen-bond donors (Lipinski definition) is 3. The van der Waals surface area contributed by atoms with Crippen LogP contribution < -0.4 is 10.6 Å². The topological polar surface area (TPSA) is 98.7 Å². The summed E-state index contributed by atoms with van der Waals surface area (Å²) in [5, 5.41) is 14.2. The minimum atomic E-state index is -0.652. The zero-order chi connectivity index (χ0) is 17.4. The summed E-state index contributed by atoms with van der Waals surface area (Å²) in [6, 6.07) is 4.10. The molecule has 7 heteroatoms. The van der Waals surface area contributed by atoms with Crippen LogP contribution in [0.1, 0.15) is 48.4 Å². The van der Waals surface area contributed by atoms with Crippen LogP contribution in [0.15, 0.2) is 18.2 Å². The number of anilines is 1. The van der Waals surface area contributed by atoms with Gasteiger partial charge in [-0.2, -0.15) is 0 Å².